The highest BCUT2D eigenvalue weighted by atomic mass is 32.2. The number of nitrogens with one attached hydrogen (secondary N) is 1. The molecule has 0 fully saturated rings. The van der Waals surface area contributed by atoms with E-state index in [-0.39, 0.29) is 23.0 Å². The van der Waals surface area contributed by atoms with E-state index in [9.17, 15) is 14.0 Å². The van der Waals surface area contributed by atoms with E-state index in [1.54, 1.807) is 16.7 Å². The number of rotatable bonds is 8. The summed E-state index contributed by atoms with van der Waals surface area (Å²) in [5.74, 6) is 0.619. The summed E-state index contributed by atoms with van der Waals surface area (Å²) < 4.78 is 17.2. The molecule has 0 aliphatic heterocycles. The Morgan fingerprint density at radius 2 is 2.00 bits per heavy atom. The van der Waals surface area contributed by atoms with Crippen molar-refractivity contribution in [2.75, 3.05) is 5.75 Å². The van der Waals surface area contributed by atoms with Crippen molar-refractivity contribution >= 4 is 45.0 Å². The summed E-state index contributed by atoms with van der Waals surface area (Å²) >= 11 is 2.66. The molecule has 0 atom stereocenters. The SMILES string of the molecule is CC(C)CCn1c(=O)c2sccc2n2c(SCC(=O)NCc3ccc(F)cc3)nnc12. The van der Waals surface area contributed by atoms with Crippen molar-refractivity contribution in [2.45, 2.75) is 38.5 Å². The minimum Gasteiger partial charge on any atom is -0.351 e. The molecule has 0 saturated carbocycles. The van der Waals surface area contributed by atoms with Crippen LogP contribution < -0.4 is 10.9 Å². The lowest BCUT2D eigenvalue weighted by Gasteiger charge is -2.10. The van der Waals surface area contributed by atoms with Crippen molar-refractivity contribution in [1.82, 2.24) is 24.5 Å². The number of amides is 1. The second-order valence-corrected chi connectivity index (χ2v) is 9.44. The number of halogens is 1. The molecule has 0 saturated heterocycles. The summed E-state index contributed by atoms with van der Waals surface area (Å²) in [4.78, 5) is 25.2. The fourth-order valence-corrected chi connectivity index (χ4v) is 4.76. The fraction of sp³-hybridized carbons (Fsp3) is 0.333. The number of thiophene rings is 1. The molecule has 4 rings (SSSR count). The van der Waals surface area contributed by atoms with Crippen molar-refractivity contribution in [1.29, 1.82) is 0 Å². The van der Waals surface area contributed by atoms with Gasteiger partial charge in [-0.1, -0.05) is 37.7 Å². The first-order valence-corrected chi connectivity index (χ1v) is 11.8. The third kappa shape index (κ3) is 4.64. The van der Waals surface area contributed by atoms with Gasteiger partial charge in [0.05, 0.1) is 11.3 Å². The van der Waals surface area contributed by atoms with Gasteiger partial charge in [0, 0.05) is 13.1 Å². The number of hydrogen-bond acceptors (Lipinski definition) is 6. The molecule has 1 N–H and O–H groups in total. The van der Waals surface area contributed by atoms with Crippen LogP contribution in [0.2, 0.25) is 0 Å². The summed E-state index contributed by atoms with van der Waals surface area (Å²) in [5.41, 5.74) is 1.52. The molecule has 1 amide bonds. The first-order valence-electron chi connectivity index (χ1n) is 9.93. The molecule has 3 heterocycles. The maximum absolute atomic E-state index is 13.0. The molecule has 10 heteroatoms. The van der Waals surface area contributed by atoms with Crippen molar-refractivity contribution in [3.8, 4) is 0 Å². The summed E-state index contributed by atoms with van der Waals surface area (Å²) in [5, 5.41) is 13.8. The maximum atomic E-state index is 13.0. The monoisotopic (exact) mass is 459 g/mol. The third-order valence-corrected chi connectivity index (χ3v) is 6.67. The van der Waals surface area contributed by atoms with Gasteiger partial charge in [0.15, 0.2) is 5.16 Å². The number of thioether (sulfide) groups is 1. The second-order valence-electron chi connectivity index (χ2n) is 7.58. The van der Waals surface area contributed by atoms with Crippen LogP contribution in [0.3, 0.4) is 0 Å². The lowest BCUT2D eigenvalue weighted by molar-refractivity contribution is -0.118. The number of carbonyl (C=O) groups is 1. The summed E-state index contributed by atoms with van der Waals surface area (Å²) in [6.45, 7) is 5.11. The Bertz CT molecular complexity index is 1280. The van der Waals surface area contributed by atoms with Crippen LogP contribution in [0, 0.1) is 11.7 Å². The van der Waals surface area contributed by atoms with Gasteiger partial charge in [-0.05, 0) is 41.5 Å². The minimum atomic E-state index is -0.309. The van der Waals surface area contributed by atoms with Gasteiger partial charge >= 0.3 is 0 Å². The largest absolute Gasteiger partial charge is 0.351 e. The minimum absolute atomic E-state index is 0.0564. The van der Waals surface area contributed by atoms with Crippen molar-refractivity contribution in [3.05, 3.63) is 57.4 Å². The van der Waals surface area contributed by atoms with Crippen LogP contribution in [0.5, 0.6) is 0 Å². The van der Waals surface area contributed by atoms with Crippen LogP contribution in [-0.2, 0) is 17.9 Å². The van der Waals surface area contributed by atoms with E-state index in [2.05, 4.69) is 29.4 Å². The zero-order valence-electron chi connectivity index (χ0n) is 17.2. The zero-order chi connectivity index (χ0) is 22.0. The van der Waals surface area contributed by atoms with E-state index >= 15 is 0 Å². The van der Waals surface area contributed by atoms with E-state index in [1.165, 1.54) is 35.2 Å². The second kappa shape index (κ2) is 9.19. The van der Waals surface area contributed by atoms with E-state index in [1.807, 2.05) is 15.8 Å². The normalized spacial score (nSPS) is 11.6. The number of aromatic nitrogens is 4. The Kier molecular flexibility index (Phi) is 6.38. The Morgan fingerprint density at radius 3 is 2.74 bits per heavy atom. The molecule has 0 bridgehead atoms. The summed E-state index contributed by atoms with van der Waals surface area (Å²) in [6.07, 6.45) is 0.855. The highest BCUT2D eigenvalue weighted by Crippen LogP contribution is 2.24. The lowest BCUT2D eigenvalue weighted by atomic mass is 10.1. The lowest BCUT2D eigenvalue weighted by Crippen LogP contribution is -2.25. The van der Waals surface area contributed by atoms with Gasteiger partial charge in [0.1, 0.15) is 10.5 Å². The Balaban J connectivity index is 1.53. The molecule has 0 spiro atoms. The number of hydrogen-bond donors (Lipinski definition) is 1. The van der Waals surface area contributed by atoms with E-state index in [4.69, 9.17) is 0 Å². The maximum Gasteiger partial charge on any atom is 0.272 e. The predicted octanol–water partition coefficient (Wildman–Crippen LogP) is 3.70. The molecule has 162 valence electrons. The van der Waals surface area contributed by atoms with Gasteiger partial charge in [0.2, 0.25) is 11.7 Å². The average Bonchev–Trinajstić information content (AvgIpc) is 3.38. The van der Waals surface area contributed by atoms with Crippen LogP contribution >= 0.6 is 23.1 Å². The quantitative estimate of drug-likeness (QED) is 0.407. The molecular formula is C21H22FN5O2S2. The van der Waals surface area contributed by atoms with E-state index in [0.29, 0.717) is 34.6 Å². The van der Waals surface area contributed by atoms with Crippen molar-refractivity contribution in [3.63, 3.8) is 0 Å². The molecule has 0 aliphatic rings. The van der Waals surface area contributed by atoms with Crippen LogP contribution in [0.15, 0.2) is 45.7 Å². The number of aryl methyl sites for hydroxylation is 1. The highest BCUT2D eigenvalue weighted by Gasteiger charge is 2.18. The first-order chi connectivity index (χ1) is 14.9. The Hall–Kier alpha value is -2.72. The van der Waals surface area contributed by atoms with Gasteiger partial charge in [-0.15, -0.1) is 21.5 Å². The molecule has 0 radical (unpaired) electrons. The van der Waals surface area contributed by atoms with Gasteiger partial charge in [-0.25, -0.2) is 4.39 Å². The number of fused-ring (bicyclic) bond motifs is 3. The molecular weight excluding hydrogens is 437 g/mol. The van der Waals surface area contributed by atoms with Gasteiger partial charge in [0.25, 0.3) is 5.56 Å². The van der Waals surface area contributed by atoms with E-state index in [0.717, 1.165) is 17.5 Å². The van der Waals surface area contributed by atoms with Gasteiger partial charge in [-0.3, -0.25) is 18.6 Å². The number of benzene rings is 1. The van der Waals surface area contributed by atoms with Crippen LogP contribution in [0.4, 0.5) is 4.39 Å². The number of carbonyl (C=O) groups excluding carboxylic acids is 1. The first kappa shape index (κ1) is 21.5. The smallest absolute Gasteiger partial charge is 0.272 e. The van der Waals surface area contributed by atoms with Crippen molar-refractivity contribution in [2.24, 2.45) is 5.92 Å². The molecule has 0 aliphatic carbocycles. The van der Waals surface area contributed by atoms with Gasteiger partial charge < -0.3 is 5.32 Å². The third-order valence-electron chi connectivity index (χ3n) is 4.85. The summed E-state index contributed by atoms with van der Waals surface area (Å²) in [7, 11) is 0. The number of nitrogens with zero attached hydrogens (tertiary/aromatic N) is 4. The average molecular weight is 460 g/mol. The van der Waals surface area contributed by atoms with Crippen LogP contribution in [0.25, 0.3) is 16.0 Å². The predicted molar refractivity (Wildman–Crippen MR) is 121 cm³/mol. The summed E-state index contributed by atoms with van der Waals surface area (Å²) in [6, 6.07) is 7.88. The molecule has 4 aromatic rings. The molecule has 7 nitrogen and oxygen atoms in total. The Labute approximate surface area is 186 Å². The topological polar surface area (TPSA) is 81.3 Å². The fourth-order valence-electron chi connectivity index (χ4n) is 3.17. The standard InChI is InChI=1S/C21H22FN5O2S2/c1-13(2)7-9-26-19(29)18-16(8-10-30-18)27-20(26)24-25-21(27)31-12-17(28)23-11-14-3-5-15(22)6-4-14/h3-6,8,10,13H,7,9,11-12H2,1-2H3,(H,23,28). The Morgan fingerprint density at radius 1 is 1.23 bits per heavy atom. The molecule has 31 heavy (non-hydrogen) atoms. The molecule has 0 unspecified atom stereocenters. The molecule has 1 aromatic carbocycles. The van der Waals surface area contributed by atoms with Crippen LogP contribution in [0.1, 0.15) is 25.8 Å². The van der Waals surface area contributed by atoms with Crippen LogP contribution in [-0.4, -0.2) is 30.8 Å². The molecule has 3 aromatic heterocycles. The van der Waals surface area contributed by atoms with Crippen molar-refractivity contribution < 1.29 is 9.18 Å². The van der Waals surface area contributed by atoms with E-state index < -0.39 is 0 Å². The van der Waals surface area contributed by atoms with Gasteiger partial charge in [-0.2, -0.15) is 0 Å². The zero-order valence-corrected chi connectivity index (χ0v) is 18.8. The highest BCUT2D eigenvalue weighted by molar-refractivity contribution is 7.99.